The molecule has 4 heterocycles. The number of anilines is 1. The molecule has 0 N–H and O–H groups in total. The van der Waals surface area contributed by atoms with Gasteiger partial charge in [-0.2, -0.15) is 0 Å². The molecule has 0 saturated carbocycles. The maximum Gasteiger partial charge on any atom is 0.227 e. The van der Waals surface area contributed by atoms with Gasteiger partial charge in [0.25, 0.3) is 0 Å². The normalized spacial score (nSPS) is 20.7. The Balaban J connectivity index is 1.44. The van der Waals surface area contributed by atoms with E-state index in [-0.39, 0.29) is 5.92 Å². The van der Waals surface area contributed by atoms with Crippen LogP contribution >= 0.6 is 27.3 Å². The molecule has 1 saturated heterocycles. The minimum Gasteiger partial charge on any atom is -0.355 e. The Morgan fingerprint density at radius 3 is 3.13 bits per heavy atom. The second-order valence-corrected chi connectivity index (χ2v) is 7.97. The molecule has 4 nitrogen and oxygen atoms in total. The van der Waals surface area contributed by atoms with Crippen molar-refractivity contribution in [3.8, 4) is 0 Å². The lowest BCUT2D eigenvalue weighted by atomic mass is 10.0. The fourth-order valence-corrected chi connectivity index (χ4v) is 4.85. The first-order valence-corrected chi connectivity index (χ1v) is 9.59. The lowest BCUT2D eigenvalue weighted by Gasteiger charge is -2.29. The quantitative estimate of drug-likeness (QED) is 0.787. The monoisotopic (exact) mass is 391 g/mol. The predicted molar refractivity (Wildman–Crippen MR) is 95.7 cm³/mol. The van der Waals surface area contributed by atoms with E-state index in [1.807, 2.05) is 28.4 Å². The van der Waals surface area contributed by atoms with Crippen molar-refractivity contribution in [1.82, 2.24) is 9.88 Å². The molecule has 0 bridgehead atoms. The van der Waals surface area contributed by atoms with Crippen LogP contribution in [0.25, 0.3) is 0 Å². The summed E-state index contributed by atoms with van der Waals surface area (Å²) < 4.78 is 0.994. The van der Waals surface area contributed by atoms with Crippen LogP contribution in [0.5, 0.6) is 0 Å². The average molecular weight is 392 g/mol. The van der Waals surface area contributed by atoms with Crippen molar-refractivity contribution in [2.45, 2.75) is 19.4 Å². The van der Waals surface area contributed by atoms with E-state index in [2.05, 4.69) is 37.3 Å². The summed E-state index contributed by atoms with van der Waals surface area (Å²) in [7, 11) is 0. The number of hydrogen-bond donors (Lipinski definition) is 0. The molecule has 1 atom stereocenters. The molecular weight excluding hydrogens is 374 g/mol. The number of pyridine rings is 1. The average Bonchev–Trinajstić information content (AvgIpc) is 3.23. The summed E-state index contributed by atoms with van der Waals surface area (Å²) in [6.07, 6.45) is 3.72. The molecule has 23 heavy (non-hydrogen) atoms. The molecule has 2 aromatic rings. The summed E-state index contributed by atoms with van der Waals surface area (Å²) in [5, 5.41) is 2.13. The van der Waals surface area contributed by atoms with Crippen molar-refractivity contribution in [2.24, 2.45) is 5.92 Å². The van der Waals surface area contributed by atoms with Gasteiger partial charge in [-0.05, 0) is 57.9 Å². The summed E-state index contributed by atoms with van der Waals surface area (Å²) in [6, 6.07) is 6.07. The zero-order valence-corrected chi connectivity index (χ0v) is 15.1. The highest BCUT2D eigenvalue weighted by Gasteiger charge is 2.33. The Morgan fingerprint density at radius 2 is 2.26 bits per heavy atom. The van der Waals surface area contributed by atoms with E-state index in [0.717, 1.165) is 49.3 Å². The maximum absolute atomic E-state index is 12.9. The highest BCUT2D eigenvalue weighted by molar-refractivity contribution is 9.10. The number of hydrogen-bond acceptors (Lipinski definition) is 4. The summed E-state index contributed by atoms with van der Waals surface area (Å²) >= 11 is 5.37. The Kier molecular flexibility index (Phi) is 4.11. The van der Waals surface area contributed by atoms with Crippen molar-refractivity contribution in [1.29, 1.82) is 0 Å². The molecule has 2 aliphatic rings. The van der Waals surface area contributed by atoms with Crippen LogP contribution in [0.1, 0.15) is 16.9 Å². The molecule has 0 aliphatic carbocycles. The summed E-state index contributed by atoms with van der Waals surface area (Å²) in [6.45, 7) is 3.29. The van der Waals surface area contributed by atoms with Gasteiger partial charge in [0.05, 0.1) is 10.4 Å². The van der Waals surface area contributed by atoms with Crippen molar-refractivity contribution in [2.75, 3.05) is 24.5 Å². The molecule has 6 heteroatoms. The number of amides is 1. The van der Waals surface area contributed by atoms with Gasteiger partial charge in [-0.25, -0.2) is 4.98 Å². The van der Waals surface area contributed by atoms with Crippen molar-refractivity contribution in [3.05, 3.63) is 44.7 Å². The molecule has 2 aromatic heterocycles. The molecule has 2 aliphatic heterocycles. The van der Waals surface area contributed by atoms with Crippen LogP contribution in [0.2, 0.25) is 0 Å². The number of rotatable bonds is 2. The molecular formula is C17H18BrN3OS. The summed E-state index contributed by atoms with van der Waals surface area (Å²) in [4.78, 5) is 23.0. The molecule has 0 aromatic carbocycles. The van der Waals surface area contributed by atoms with Gasteiger partial charge in [0.2, 0.25) is 5.91 Å². The van der Waals surface area contributed by atoms with Crippen LogP contribution in [0.15, 0.2) is 34.2 Å². The SMILES string of the molecule is O=C(C1CCN(c2ncccc2Br)C1)N1CCc2sccc2C1. The van der Waals surface area contributed by atoms with Gasteiger partial charge >= 0.3 is 0 Å². The first-order valence-electron chi connectivity index (χ1n) is 7.92. The summed E-state index contributed by atoms with van der Waals surface area (Å²) in [5.74, 6) is 1.34. The van der Waals surface area contributed by atoms with Gasteiger partial charge in [-0.3, -0.25) is 4.79 Å². The van der Waals surface area contributed by atoms with Gasteiger partial charge < -0.3 is 9.80 Å². The Bertz CT molecular complexity index is 732. The number of halogens is 1. The lowest BCUT2D eigenvalue weighted by molar-refractivity contribution is -0.135. The Hall–Kier alpha value is -1.40. The number of aromatic nitrogens is 1. The zero-order chi connectivity index (χ0) is 15.8. The van der Waals surface area contributed by atoms with Crippen LogP contribution in [-0.2, 0) is 17.8 Å². The maximum atomic E-state index is 12.9. The second-order valence-electron chi connectivity index (χ2n) is 6.12. The Labute approximate surface area is 148 Å². The van der Waals surface area contributed by atoms with E-state index in [9.17, 15) is 4.79 Å². The molecule has 1 amide bonds. The van der Waals surface area contributed by atoms with Crippen LogP contribution in [0.3, 0.4) is 0 Å². The van der Waals surface area contributed by atoms with E-state index in [1.54, 1.807) is 6.20 Å². The standard InChI is InChI=1S/C17H18BrN3OS/c18-14-2-1-6-19-16(14)20-7-3-13(11-20)17(22)21-8-4-15-12(10-21)5-9-23-15/h1-2,5-6,9,13H,3-4,7-8,10-11H2. The number of nitrogens with zero attached hydrogens (tertiary/aromatic N) is 3. The third-order valence-electron chi connectivity index (χ3n) is 4.70. The number of carbonyl (C=O) groups excluding carboxylic acids is 1. The molecule has 4 rings (SSSR count). The molecule has 120 valence electrons. The van der Waals surface area contributed by atoms with Crippen molar-refractivity contribution >= 4 is 39.0 Å². The lowest BCUT2D eigenvalue weighted by Crippen LogP contribution is -2.40. The third kappa shape index (κ3) is 2.90. The van der Waals surface area contributed by atoms with Crippen LogP contribution in [0, 0.1) is 5.92 Å². The largest absolute Gasteiger partial charge is 0.355 e. The minimum atomic E-state index is 0.0871. The van der Waals surface area contributed by atoms with Crippen molar-refractivity contribution in [3.63, 3.8) is 0 Å². The van der Waals surface area contributed by atoms with Gasteiger partial charge in [0.15, 0.2) is 0 Å². The minimum absolute atomic E-state index is 0.0871. The molecule has 0 radical (unpaired) electrons. The van der Waals surface area contributed by atoms with E-state index in [1.165, 1.54) is 10.4 Å². The van der Waals surface area contributed by atoms with Crippen LogP contribution in [0.4, 0.5) is 5.82 Å². The highest BCUT2D eigenvalue weighted by atomic mass is 79.9. The van der Waals surface area contributed by atoms with E-state index < -0.39 is 0 Å². The molecule has 1 fully saturated rings. The first kappa shape index (κ1) is 15.1. The number of thiophene rings is 1. The molecule has 0 spiro atoms. The smallest absolute Gasteiger partial charge is 0.227 e. The zero-order valence-electron chi connectivity index (χ0n) is 12.7. The van der Waals surface area contributed by atoms with E-state index in [4.69, 9.17) is 0 Å². The molecule has 1 unspecified atom stereocenters. The first-order chi connectivity index (χ1) is 11.2. The fraction of sp³-hybridized carbons (Fsp3) is 0.412. The van der Waals surface area contributed by atoms with Crippen LogP contribution in [-0.4, -0.2) is 35.4 Å². The Morgan fingerprint density at radius 1 is 1.35 bits per heavy atom. The van der Waals surface area contributed by atoms with Gasteiger partial charge in [-0.1, -0.05) is 0 Å². The second kappa shape index (κ2) is 6.24. The van der Waals surface area contributed by atoms with Gasteiger partial charge in [-0.15, -0.1) is 11.3 Å². The number of fused-ring (bicyclic) bond motifs is 1. The number of carbonyl (C=O) groups is 1. The van der Waals surface area contributed by atoms with Gasteiger partial charge in [0.1, 0.15) is 5.82 Å². The highest BCUT2D eigenvalue weighted by Crippen LogP contribution is 2.31. The van der Waals surface area contributed by atoms with Crippen molar-refractivity contribution < 1.29 is 4.79 Å². The van der Waals surface area contributed by atoms with E-state index in [0.29, 0.717) is 5.91 Å². The van der Waals surface area contributed by atoms with E-state index >= 15 is 0 Å². The third-order valence-corrected chi connectivity index (χ3v) is 6.34. The van der Waals surface area contributed by atoms with Crippen LogP contribution < -0.4 is 4.90 Å². The predicted octanol–water partition coefficient (Wildman–Crippen LogP) is 3.32. The summed E-state index contributed by atoms with van der Waals surface area (Å²) in [5.41, 5.74) is 1.33. The fourth-order valence-electron chi connectivity index (χ4n) is 3.46. The topological polar surface area (TPSA) is 36.4 Å². The van der Waals surface area contributed by atoms with Gasteiger partial charge in [0, 0.05) is 37.3 Å².